The second-order valence-corrected chi connectivity index (χ2v) is 11.9. The Balaban J connectivity index is 1.32. The van der Waals surface area contributed by atoms with Crippen LogP contribution >= 0.6 is 0 Å². The fraction of sp³-hybridized carbons (Fsp3) is 0.294. The minimum Gasteiger partial charge on any atom is -0.486 e. The third-order valence-corrected chi connectivity index (χ3v) is 7.37. The van der Waals surface area contributed by atoms with E-state index >= 15 is 0 Å². The fourth-order valence-electron chi connectivity index (χ4n) is 5.36. The number of alkyl carbamates (subject to hydrolysis) is 1. The Morgan fingerprint density at radius 2 is 1.74 bits per heavy atom. The molecule has 1 N–H and O–H groups in total. The molecule has 3 heterocycles. The molecular weight excluding hydrogens is 621 g/mol. The number of para-hydroxylation sites is 1. The van der Waals surface area contributed by atoms with Crippen molar-refractivity contribution in [3.8, 4) is 28.4 Å². The van der Waals surface area contributed by atoms with Gasteiger partial charge in [0.25, 0.3) is 0 Å². The van der Waals surface area contributed by atoms with Crippen LogP contribution in [-0.2, 0) is 15.7 Å². The van der Waals surface area contributed by atoms with Crippen LogP contribution in [0.15, 0.2) is 74.9 Å². The first kappa shape index (κ1) is 31.6. The summed E-state index contributed by atoms with van der Waals surface area (Å²) in [6.07, 6.45) is -4.21. The van der Waals surface area contributed by atoms with Crippen molar-refractivity contribution in [1.29, 1.82) is 0 Å². The van der Waals surface area contributed by atoms with E-state index in [1.807, 2.05) is 24.3 Å². The van der Waals surface area contributed by atoms with Crippen LogP contribution in [0.25, 0.3) is 22.1 Å². The van der Waals surface area contributed by atoms with Gasteiger partial charge < -0.3 is 28.7 Å². The lowest BCUT2D eigenvalue weighted by molar-refractivity contribution is -0.152. The maximum atomic E-state index is 14.3. The van der Waals surface area contributed by atoms with E-state index in [0.29, 0.717) is 5.75 Å². The minimum absolute atomic E-state index is 0.0539. The lowest BCUT2D eigenvalue weighted by atomic mass is 9.94. The first-order valence-electron chi connectivity index (χ1n) is 14.7. The lowest BCUT2D eigenvalue weighted by Gasteiger charge is -2.24. The van der Waals surface area contributed by atoms with Crippen LogP contribution in [0.3, 0.4) is 0 Å². The van der Waals surface area contributed by atoms with Crippen molar-refractivity contribution in [3.63, 3.8) is 0 Å². The van der Waals surface area contributed by atoms with Crippen molar-refractivity contribution >= 4 is 34.9 Å². The largest absolute Gasteiger partial charge is 0.486 e. The van der Waals surface area contributed by atoms with E-state index in [0.717, 1.165) is 17.3 Å². The number of carbonyl (C=O) groups excluding carboxylic acids is 2. The number of ether oxygens (including phenoxy) is 4. The number of carbonyl (C=O) groups is 2. The van der Waals surface area contributed by atoms with Gasteiger partial charge in [0, 0.05) is 18.2 Å². The average molecular weight is 651 g/mol. The number of nitrogens with zero attached hydrogens (tertiary/aromatic N) is 1. The van der Waals surface area contributed by atoms with Gasteiger partial charge in [-0.15, -0.1) is 0 Å². The second-order valence-electron chi connectivity index (χ2n) is 11.9. The van der Waals surface area contributed by atoms with Gasteiger partial charge in [-0.05, 0) is 68.7 Å². The monoisotopic (exact) mass is 650 g/mol. The van der Waals surface area contributed by atoms with Crippen LogP contribution in [-0.4, -0.2) is 43.1 Å². The number of rotatable bonds is 6. The van der Waals surface area contributed by atoms with Gasteiger partial charge in [-0.2, -0.15) is 13.2 Å². The van der Waals surface area contributed by atoms with E-state index in [1.54, 1.807) is 27.0 Å². The van der Waals surface area contributed by atoms with Gasteiger partial charge in [0.2, 0.25) is 11.2 Å². The number of hydrogen-bond acceptors (Lipinski definition) is 9. The number of halogens is 3. The SMILES string of the molecule is CC(C)(C)OC(=O)N[C@@H](C[C@@H]1C=Nc2ccccc21)C(=O)Oc1ccc2c(=O)c(-c3ccc4c(c3)OCCO4)c(C(F)(F)F)oc2c1. The molecule has 2 aliphatic heterocycles. The van der Waals surface area contributed by atoms with Gasteiger partial charge in [-0.25, -0.2) is 9.59 Å². The molecule has 0 spiro atoms. The highest BCUT2D eigenvalue weighted by molar-refractivity contribution is 5.88. The molecule has 244 valence electrons. The zero-order valence-electron chi connectivity index (χ0n) is 25.5. The molecule has 10 nitrogen and oxygen atoms in total. The van der Waals surface area contributed by atoms with Gasteiger partial charge in [-0.3, -0.25) is 9.79 Å². The van der Waals surface area contributed by atoms with Crippen LogP contribution in [0.2, 0.25) is 0 Å². The van der Waals surface area contributed by atoms with Gasteiger partial charge in [0.15, 0.2) is 11.5 Å². The first-order chi connectivity index (χ1) is 22.3. The van der Waals surface area contributed by atoms with Crippen LogP contribution in [0.4, 0.5) is 23.7 Å². The predicted molar refractivity (Wildman–Crippen MR) is 165 cm³/mol. The quantitative estimate of drug-likeness (QED) is 0.176. The van der Waals surface area contributed by atoms with Crippen LogP contribution < -0.4 is 25.0 Å². The molecule has 2 aliphatic rings. The summed E-state index contributed by atoms with van der Waals surface area (Å²) in [4.78, 5) is 44.0. The smallest absolute Gasteiger partial charge is 0.450 e. The summed E-state index contributed by atoms with van der Waals surface area (Å²) in [5.41, 5.74) is -1.46. The zero-order valence-corrected chi connectivity index (χ0v) is 25.5. The Hall–Kier alpha value is -5.33. The molecule has 0 saturated heterocycles. The number of esters is 1. The van der Waals surface area contributed by atoms with Crippen molar-refractivity contribution in [2.45, 2.75) is 50.9 Å². The molecule has 13 heteroatoms. The maximum absolute atomic E-state index is 14.3. The normalized spacial score (nSPS) is 16.0. The third-order valence-electron chi connectivity index (χ3n) is 7.37. The number of fused-ring (bicyclic) bond motifs is 3. The van der Waals surface area contributed by atoms with Crippen molar-refractivity contribution in [1.82, 2.24) is 5.32 Å². The van der Waals surface area contributed by atoms with E-state index in [-0.39, 0.29) is 48.0 Å². The Bertz CT molecular complexity index is 1960. The van der Waals surface area contributed by atoms with E-state index < -0.39 is 52.2 Å². The second kappa shape index (κ2) is 12.1. The zero-order chi connectivity index (χ0) is 33.5. The van der Waals surface area contributed by atoms with Gasteiger partial charge in [-0.1, -0.05) is 24.3 Å². The summed E-state index contributed by atoms with van der Waals surface area (Å²) in [7, 11) is 0. The molecule has 0 bridgehead atoms. The van der Waals surface area contributed by atoms with Crippen molar-refractivity contribution in [2.24, 2.45) is 4.99 Å². The van der Waals surface area contributed by atoms with Crippen molar-refractivity contribution in [2.75, 3.05) is 13.2 Å². The van der Waals surface area contributed by atoms with Crippen molar-refractivity contribution < 1.29 is 46.1 Å². The number of amides is 1. The molecule has 2 atom stereocenters. The Kier molecular flexibility index (Phi) is 8.16. The summed E-state index contributed by atoms with van der Waals surface area (Å²) < 4.78 is 70.0. The lowest BCUT2D eigenvalue weighted by Crippen LogP contribution is -2.46. The number of alkyl halides is 3. The first-order valence-corrected chi connectivity index (χ1v) is 14.7. The molecule has 3 aromatic carbocycles. The molecule has 0 radical (unpaired) electrons. The minimum atomic E-state index is -5.05. The molecule has 0 fully saturated rings. The summed E-state index contributed by atoms with van der Waals surface area (Å²) in [6.45, 7) is 5.48. The van der Waals surface area contributed by atoms with Crippen LogP contribution in [0.5, 0.6) is 17.2 Å². The fourth-order valence-corrected chi connectivity index (χ4v) is 5.36. The molecule has 0 aliphatic carbocycles. The van der Waals surface area contributed by atoms with E-state index in [9.17, 15) is 27.6 Å². The summed E-state index contributed by atoms with van der Waals surface area (Å²) in [5, 5.41) is 2.36. The molecule has 1 amide bonds. The Morgan fingerprint density at radius 3 is 2.49 bits per heavy atom. The van der Waals surface area contributed by atoms with Gasteiger partial charge in [0.1, 0.15) is 36.2 Å². The molecule has 0 saturated carbocycles. The number of nitrogens with one attached hydrogen (secondary N) is 1. The maximum Gasteiger partial charge on any atom is 0.450 e. The summed E-state index contributed by atoms with van der Waals surface area (Å²) >= 11 is 0. The van der Waals surface area contributed by atoms with Crippen molar-refractivity contribution in [3.05, 3.63) is 82.2 Å². The van der Waals surface area contributed by atoms with E-state index in [1.165, 1.54) is 30.3 Å². The van der Waals surface area contributed by atoms with E-state index in [4.69, 9.17) is 23.4 Å². The third kappa shape index (κ3) is 6.79. The van der Waals surface area contributed by atoms with Gasteiger partial charge in [0.05, 0.1) is 16.6 Å². The van der Waals surface area contributed by atoms with Crippen LogP contribution in [0.1, 0.15) is 44.4 Å². The highest BCUT2D eigenvalue weighted by Gasteiger charge is 2.40. The Morgan fingerprint density at radius 1 is 1.00 bits per heavy atom. The molecule has 6 rings (SSSR count). The number of aliphatic imine (C=N–C) groups is 1. The molecular formula is C34H29F3N2O8. The highest BCUT2D eigenvalue weighted by Crippen LogP contribution is 2.41. The topological polar surface area (TPSA) is 126 Å². The van der Waals surface area contributed by atoms with Crippen LogP contribution in [0, 0.1) is 0 Å². The Labute approximate surface area is 266 Å². The molecule has 0 unspecified atom stereocenters. The molecule has 47 heavy (non-hydrogen) atoms. The molecule has 1 aromatic heterocycles. The van der Waals surface area contributed by atoms with Gasteiger partial charge >= 0.3 is 18.2 Å². The standard InChI is InChI=1S/C34H29F3N2O8/c1-33(2,3)47-32(42)39-24(14-19-17-38-23-7-5-4-6-21(19)23)31(41)45-20-9-10-22-26(16-20)46-30(34(35,36)37)28(29(22)40)18-8-11-25-27(15-18)44-13-12-43-25/h4-11,15-17,19,24H,12-14H2,1-3H3,(H,39,42)/t19-,24+/m1/s1. The number of benzene rings is 3. The average Bonchev–Trinajstić information content (AvgIpc) is 3.41. The summed E-state index contributed by atoms with van der Waals surface area (Å²) in [5.74, 6) is -2.46. The summed E-state index contributed by atoms with van der Waals surface area (Å²) in [6, 6.07) is 13.6. The number of hydrogen-bond donors (Lipinski definition) is 1. The molecule has 4 aromatic rings. The highest BCUT2D eigenvalue weighted by atomic mass is 19.4. The predicted octanol–water partition coefficient (Wildman–Crippen LogP) is 6.94. The van der Waals surface area contributed by atoms with E-state index in [2.05, 4.69) is 10.3 Å².